The molecule has 0 saturated carbocycles. The summed E-state index contributed by atoms with van der Waals surface area (Å²) in [5, 5.41) is 2.61. The van der Waals surface area contributed by atoms with Crippen LogP contribution >= 0.6 is 0 Å². The molecule has 0 saturated heterocycles. The standard InChI is InChI=1S/C74H62N2/c1-7-9-14-54(8-2)23-24-56-27-40-64(41-28-56)76(62-38-21-53(4)22-39-62)66-46-33-59(34-47-66)67-49-50-70-68-48-35-60(51-72(68)74(5,6)71-18-13-17-69(67)73(70)71)58-31-44-65(45-32-58)75(61-36-19-52(3)20-37-61)63-42-29-57(30-43-63)26-25-55-15-11-10-12-16-55/h7-51H,2H2,1,3-6H3/b9-7-,24-23+,26-25+,54-14+. The van der Waals surface area contributed by atoms with Gasteiger partial charge in [0, 0.05) is 39.5 Å². The molecule has 1 aliphatic rings. The summed E-state index contributed by atoms with van der Waals surface area (Å²) >= 11 is 0. The zero-order valence-corrected chi connectivity index (χ0v) is 44.1. The lowest BCUT2D eigenvalue weighted by Gasteiger charge is -2.36. The predicted molar refractivity (Wildman–Crippen MR) is 329 cm³/mol. The molecule has 0 spiro atoms. The molecular weight excluding hydrogens is 917 g/mol. The lowest BCUT2D eigenvalue weighted by Crippen LogP contribution is -2.23. The van der Waals surface area contributed by atoms with Crippen LogP contribution in [0.25, 0.3) is 62.4 Å². The molecular formula is C74H62N2. The second-order valence-corrected chi connectivity index (χ2v) is 20.4. The van der Waals surface area contributed by atoms with Gasteiger partial charge in [0.1, 0.15) is 0 Å². The molecule has 0 amide bonds. The van der Waals surface area contributed by atoms with Crippen LogP contribution < -0.4 is 9.80 Å². The lowest BCUT2D eigenvalue weighted by molar-refractivity contribution is 0.645. The Kier molecular flexibility index (Phi) is 13.7. The van der Waals surface area contributed by atoms with Crippen LogP contribution in [0.4, 0.5) is 34.1 Å². The third-order valence-corrected chi connectivity index (χ3v) is 14.9. The van der Waals surface area contributed by atoms with E-state index in [1.165, 1.54) is 72.0 Å². The van der Waals surface area contributed by atoms with Gasteiger partial charge in [0.15, 0.2) is 0 Å². The summed E-state index contributed by atoms with van der Waals surface area (Å²) in [5.41, 5.74) is 23.5. The number of nitrogens with zero attached hydrogens (tertiary/aromatic N) is 2. The average molecular weight is 979 g/mol. The van der Waals surface area contributed by atoms with Crippen LogP contribution in [-0.2, 0) is 5.41 Å². The zero-order valence-electron chi connectivity index (χ0n) is 44.1. The first kappa shape index (κ1) is 49.0. The lowest BCUT2D eigenvalue weighted by atomic mass is 9.67. The van der Waals surface area contributed by atoms with Crippen molar-refractivity contribution < 1.29 is 0 Å². The summed E-state index contributed by atoms with van der Waals surface area (Å²) in [6, 6.07) is 82.5. The number of allylic oxidation sites excluding steroid dienone is 6. The summed E-state index contributed by atoms with van der Waals surface area (Å²) in [5.74, 6) is 0. The Labute approximate surface area is 449 Å². The number of hydrogen-bond donors (Lipinski definition) is 0. The van der Waals surface area contributed by atoms with Crippen molar-refractivity contribution in [3.63, 3.8) is 0 Å². The third-order valence-electron chi connectivity index (χ3n) is 14.9. The van der Waals surface area contributed by atoms with Crippen molar-refractivity contribution in [1.82, 2.24) is 0 Å². The quantitative estimate of drug-likeness (QED) is 0.0791. The Morgan fingerprint density at radius 3 is 1.42 bits per heavy atom. The van der Waals surface area contributed by atoms with E-state index in [1.807, 2.05) is 31.2 Å². The van der Waals surface area contributed by atoms with E-state index in [0.717, 1.165) is 50.8 Å². The monoisotopic (exact) mass is 978 g/mol. The van der Waals surface area contributed by atoms with Gasteiger partial charge in [-0.25, -0.2) is 0 Å². The number of hydrogen-bond acceptors (Lipinski definition) is 2. The number of rotatable bonds is 14. The highest BCUT2D eigenvalue weighted by Crippen LogP contribution is 2.51. The zero-order chi connectivity index (χ0) is 52.2. The highest BCUT2D eigenvalue weighted by molar-refractivity contribution is 6.09. The maximum absolute atomic E-state index is 3.98. The van der Waals surface area contributed by atoms with Gasteiger partial charge in [0.25, 0.3) is 0 Å². The molecule has 2 nitrogen and oxygen atoms in total. The topological polar surface area (TPSA) is 6.48 Å². The highest BCUT2D eigenvalue weighted by atomic mass is 15.1. The molecule has 0 unspecified atom stereocenters. The summed E-state index contributed by atoms with van der Waals surface area (Å²) in [6.45, 7) is 15.1. The molecule has 0 heterocycles. The van der Waals surface area contributed by atoms with E-state index in [1.54, 1.807) is 0 Å². The van der Waals surface area contributed by atoms with Gasteiger partial charge in [-0.05, 0) is 177 Å². The Morgan fingerprint density at radius 1 is 0.421 bits per heavy atom. The largest absolute Gasteiger partial charge is 0.311 e. The Morgan fingerprint density at radius 2 is 0.882 bits per heavy atom. The Balaban J connectivity index is 0.884. The van der Waals surface area contributed by atoms with Crippen LogP contribution in [0.2, 0.25) is 0 Å². The first-order valence-electron chi connectivity index (χ1n) is 26.4. The molecule has 0 N–H and O–H groups in total. The highest BCUT2D eigenvalue weighted by Gasteiger charge is 2.34. The van der Waals surface area contributed by atoms with Crippen molar-refractivity contribution >= 4 is 63.1 Å². The maximum Gasteiger partial charge on any atom is 0.0462 e. The fourth-order valence-electron chi connectivity index (χ4n) is 10.7. The van der Waals surface area contributed by atoms with E-state index >= 15 is 0 Å². The molecule has 76 heavy (non-hydrogen) atoms. The Bertz CT molecular complexity index is 3810. The van der Waals surface area contributed by atoms with Crippen LogP contribution in [-0.4, -0.2) is 0 Å². The average Bonchev–Trinajstić information content (AvgIpc) is 3.64. The van der Waals surface area contributed by atoms with Gasteiger partial charge >= 0.3 is 0 Å². The van der Waals surface area contributed by atoms with Crippen molar-refractivity contribution in [2.45, 2.75) is 40.0 Å². The summed E-state index contributed by atoms with van der Waals surface area (Å²) < 4.78 is 0. The van der Waals surface area contributed by atoms with Crippen LogP contribution in [0.15, 0.2) is 267 Å². The molecule has 0 aromatic heterocycles. The second kappa shape index (κ2) is 21.3. The van der Waals surface area contributed by atoms with Crippen LogP contribution in [0.1, 0.15) is 59.7 Å². The molecule has 2 heteroatoms. The number of benzene rings is 10. The summed E-state index contributed by atoms with van der Waals surface area (Å²) in [6.07, 6.45) is 16.6. The molecule has 11 rings (SSSR count). The SMILES string of the molecule is C=CC(/C=C/c1ccc(N(c2ccc(C)cc2)c2ccc(-c3ccc4c5c(cccc35)C(C)(C)c3cc(-c5ccc(N(c6ccc(C)cc6)c6ccc(/C=C/c7ccccc7)cc6)cc5)ccc3-4)cc2)cc1)=C\C=C/C. The van der Waals surface area contributed by atoms with Gasteiger partial charge in [-0.1, -0.05) is 226 Å². The molecule has 0 atom stereocenters. The van der Waals surface area contributed by atoms with Crippen molar-refractivity contribution in [2.75, 3.05) is 9.80 Å². The van der Waals surface area contributed by atoms with Gasteiger partial charge in [0.2, 0.25) is 0 Å². The van der Waals surface area contributed by atoms with E-state index in [0.29, 0.717) is 0 Å². The van der Waals surface area contributed by atoms with Crippen LogP contribution in [0.5, 0.6) is 0 Å². The first-order chi connectivity index (χ1) is 37.1. The maximum atomic E-state index is 3.98. The molecule has 1 aliphatic carbocycles. The van der Waals surface area contributed by atoms with Gasteiger partial charge < -0.3 is 9.80 Å². The van der Waals surface area contributed by atoms with Crippen molar-refractivity contribution in [2.24, 2.45) is 0 Å². The van der Waals surface area contributed by atoms with Crippen LogP contribution in [0.3, 0.4) is 0 Å². The molecule has 0 aliphatic heterocycles. The molecule has 0 bridgehead atoms. The fraction of sp³-hybridized carbons (Fsp3) is 0.0811. The van der Waals surface area contributed by atoms with E-state index in [4.69, 9.17) is 0 Å². The van der Waals surface area contributed by atoms with Gasteiger partial charge in [-0.3, -0.25) is 0 Å². The molecule has 0 fully saturated rings. The van der Waals surface area contributed by atoms with Gasteiger partial charge in [0.05, 0.1) is 0 Å². The fourth-order valence-corrected chi connectivity index (χ4v) is 10.7. The van der Waals surface area contributed by atoms with E-state index in [2.05, 4.69) is 293 Å². The molecule has 0 radical (unpaired) electrons. The molecule has 368 valence electrons. The van der Waals surface area contributed by atoms with Crippen molar-refractivity contribution in [3.05, 3.63) is 306 Å². The number of aryl methyl sites for hydroxylation is 2. The summed E-state index contributed by atoms with van der Waals surface area (Å²) in [4.78, 5) is 4.68. The molecule has 10 aromatic carbocycles. The van der Waals surface area contributed by atoms with E-state index < -0.39 is 0 Å². The van der Waals surface area contributed by atoms with E-state index in [9.17, 15) is 0 Å². The third kappa shape index (κ3) is 9.94. The molecule has 10 aromatic rings. The predicted octanol–water partition coefficient (Wildman–Crippen LogP) is 20.9. The van der Waals surface area contributed by atoms with Crippen molar-refractivity contribution in [3.8, 4) is 33.4 Å². The van der Waals surface area contributed by atoms with E-state index in [-0.39, 0.29) is 5.41 Å². The smallest absolute Gasteiger partial charge is 0.0462 e. The van der Waals surface area contributed by atoms with Crippen molar-refractivity contribution in [1.29, 1.82) is 0 Å². The van der Waals surface area contributed by atoms with Gasteiger partial charge in [-0.2, -0.15) is 0 Å². The number of fused-ring (bicyclic) bond motifs is 2. The van der Waals surface area contributed by atoms with Crippen LogP contribution in [0, 0.1) is 13.8 Å². The first-order valence-corrected chi connectivity index (χ1v) is 26.4. The Hall–Kier alpha value is -9.24. The number of anilines is 6. The minimum Gasteiger partial charge on any atom is -0.311 e. The summed E-state index contributed by atoms with van der Waals surface area (Å²) in [7, 11) is 0. The second-order valence-electron chi connectivity index (χ2n) is 20.4. The normalized spacial score (nSPS) is 12.9. The minimum absolute atomic E-state index is 0.234. The van der Waals surface area contributed by atoms with Gasteiger partial charge in [-0.15, -0.1) is 0 Å². The minimum atomic E-state index is -0.234.